The summed E-state index contributed by atoms with van der Waals surface area (Å²) in [6.45, 7) is 3.52. The van der Waals surface area contributed by atoms with Crippen LogP contribution < -0.4 is 0 Å². The van der Waals surface area contributed by atoms with Crippen LogP contribution in [0.2, 0.25) is 0 Å². The fourth-order valence-electron chi connectivity index (χ4n) is 3.73. The van der Waals surface area contributed by atoms with Gasteiger partial charge in [0.15, 0.2) is 0 Å². The number of halogens is 1. The highest BCUT2D eigenvalue weighted by molar-refractivity contribution is 5.79. The second-order valence-corrected chi connectivity index (χ2v) is 6.71. The number of carbonyl (C=O) groups excluding carboxylic acids is 1. The second-order valence-electron chi connectivity index (χ2n) is 6.71. The lowest BCUT2D eigenvalue weighted by atomic mass is 9.98. The maximum Gasteiger partial charge on any atom is 0.225 e. The molecule has 1 aromatic carbocycles. The molecule has 21 heavy (non-hydrogen) atoms. The van der Waals surface area contributed by atoms with Crippen LogP contribution in [0, 0.1) is 24.6 Å². The van der Waals surface area contributed by atoms with E-state index in [1.807, 2.05) is 17.0 Å². The van der Waals surface area contributed by atoms with Gasteiger partial charge < -0.3 is 4.90 Å². The predicted molar refractivity (Wildman–Crippen MR) is 81.5 cm³/mol. The van der Waals surface area contributed by atoms with Gasteiger partial charge in [-0.1, -0.05) is 25.0 Å². The summed E-state index contributed by atoms with van der Waals surface area (Å²) in [7, 11) is 0. The summed E-state index contributed by atoms with van der Waals surface area (Å²) in [6, 6.07) is 5.51. The van der Waals surface area contributed by atoms with E-state index >= 15 is 0 Å². The van der Waals surface area contributed by atoms with Crippen LogP contribution in [0.4, 0.5) is 4.39 Å². The molecule has 1 amide bonds. The topological polar surface area (TPSA) is 20.3 Å². The van der Waals surface area contributed by atoms with E-state index in [-0.39, 0.29) is 11.7 Å². The SMILES string of the molecule is Cc1ccc(CC2CCN(C(=O)C3CCCC3)C2)cc1F. The van der Waals surface area contributed by atoms with Gasteiger partial charge in [-0.2, -0.15) is 0 Å². The Balaban J connectivity index is 1.56. The summed E-state index contributed by atoms with van der Waals surface area (Å²) in [6.07, 6.45) is 6.48. The average molecular weight is 289 g/mol. The Kier molecular flexibility index (Phi) is 4.27. The molecule has 1 aliphatic carbocycles. The van der Waals surface area contributed by atoms with Crippen molar-refractivity contribution in [2.24, 2.45) is 11.8 Å². The first-order valence-corrected chi connectivity index (χ1v) is 8.17. The maximum absolute atomic E-state index is 13.6. The number of nitrogens with zero attached hydrogens (tertiary/aromatic N) is 1. The smallest absolute Gasteiger partial charge is 0.225 e. The molecule has 1 heterocycles. The van der Waals surface area contributed by atoms with Crippen molar-refractivity contribution in [1.29, 1.82) is 0 Å². The van der Waals surface area contributed by atoms with E-state index in [2.05, 4.69) is 0 Å². The molecule has 0 radical (unpaired) electrons. The van der Waals surface area contributed by atoms with Gasteiger partial charge in [0.1, 0.15) is 5.82 Å². The Morgan fingerprint density at radius 2 is 2.05 bits per heavy atom. The number of amides is 1. The first kappa shape index (κ1) is 14.6. The predicted octanol–water partition coefficient (Wildman–Crippen LogP) is 3.72. The van der Waals surface area contributed by atoms with Gasteiger partial charge in [0, 0.05) is 19.0 Å². The summed E-state index contributed by atoms with van der Waals surface area (Å²) < 4.78 is 13.6. The van der Waals surface area contributed by atoms with Crippen molar-refractivity contribution in [2.75, 3.05) is 13.1 Å². The van der Waals surface area contributed by atoms with Crippen LogP contribution in [0.25, 0.3) is 0 Å². The van der Waals surface area contributed by atoms with Gasteiger partial charge in [-0.05, 0) is 55.7 Å². The molecule has 1 saturated carbocycles. The molecule has 2 fully saturated rings. The lowest BCUT2D eigenvalue weighted by Gasteiger charge is -2.20. The van der Waals surface area contributed by atoms with Crippen molar-refractivity contribution in [2.45, 2.75) is 45.4 Å². The third kappa shape index (κ3) is 3.28. The van der Waals surface area contributed by atoms with Crippen molar-refractivity contribution < 1.29 is 9.18 Å². The van der Waals surface area contributed by atoms with Gasteiger partial charge in [-0.25, -0.2) is 4.39 Å². The summed E-state index contributed by atoms with van der Waals surface area (Å²) >= 11 is 0. The molecule has 2 nitrogen and oxygen atoms in total. The number of hydrogen-bond donors (Lipinski definition) is 0. The second kappa shape index (κ2) is 6.17. The quantitative estimate of drug-likeness (QED) is 0.830. The van der Waals surface area contributed by atoms with E-state index in [0.29, 0.717) is 17.4 Å². The van der Waals surface area contributed by atoms with E-state index in [1.54, 1.807) is 13.0 Å². The Hall–Kier alpha value is -1.38. The number of hydrogen-bond acceptors (Lipinski definition) is 1. The first-order valence-electron chi connectivity index (χ1n) is 8.17. The van der Waals surface area contributed by atoms with E-state index in [0.717, 1.165) is 44.3 Å². The zero-order valence-corrected chi connectivity index (χ0v) is 12.8. The van der Waals surface area contributed by atoms with Crippen LogP contribution in [-0.4, -0.2) is 23.9 Å². The van der Waals surface area contributed by atoms with Crippen molar-refractivity contribution >= 4 is 5.91 Å². The van der Waals surface area contributed by atoms with E-state index < -0.39 is 0 Å². The van der Waals surface area contributed by atoms with E-state index in [4.69, 9.17) is 0 Å². The standard InChI is InChI=1S/C18H24FNO/c1-13-6-7-14(11-17(13)19)10-15-8-9-20(12-15)18(21)16-4-2-3-5-16/h6-7,11,15-16H,2-5,8-10,12H2,1H3. The minimum Gasteiger partial charge on any atom is -0.342 e. The minimum atomic E-state index is -0.121. The molecule has 1 unspecified atom stereocenters. The molecular weight excluding hydrogens is 265 g/mol. The number of benzene rings is 1. The molecule has 0 aromatic heterocycles. The van der Waals surface area contributed by atoms with Gasteiger partial charge in [0.05, 0.1) is 0 Å². The Morgan fingerprint density at radius 3 is 2.76 bits per heavy atom. The molecule has 3 heteroatoms. The zero-order chi connectivity index (χ0) is 14.8. The van der Waals surface area contributed by atoms with Crippen molar-refractivity contribution in [3.63, 3.8) is 0 Å². The monoisotopic (exact) mass is 289 g/mol. The van der Waals surface area contributed by atoms with Crippen LogP contribution in [-0.2, 0) is 11.2 Å². The highest BCUT2D eigenvalue weighted by Crippen LogP contribution is 2.29. The number of aryl methyl sites for hydroxylation is 1. The molecule has 114 valence electrons. The van der Waals surface area contributed by atoms with Gasteiger partial charge in [-0.15, -0.1) is 0 Å². The molecule has 3 rings (SSSR count). The molecular formula is C18H24FNO. The number of rotatable bonds is 3. The van der Waals surface area contributed by atoms with Crippen LogP contribution in [0.3, 0.4) is 0 Å². The van der Waals surface area contributed by atoms with Crippen molar-refractivity contribution in [1.82, 2.24) is 4.90 Å². The zero-order valence-electron chi connectivity index (χ0n) is 12.8. The molecule has 1 saturated heterocycles. The summed E-state index contributed by atoms with van der Waals surface area (Å²) in [5, 5.41) is 0. The molecule has 0 N–H and O–H groups in total. The van der Waals surface area contributed by atoms with E-state index in [1.165, 1.54) is 12.8 Å². The van der Waals surface area contributed by atoms with Gasteiger partial charge in [0.2, 0.25) is 5.91 Å². The normalized spacial score (nSPS) is 23.0. The van der Waals surface area contributed by atoms with Crippen LogP contribution in [0.15, 0.2) is 18.2 Å². The van der Waals surface area contributed by atoms with Crippen molar-refractivity contribution in [3.8, 4) is 0 Å². The summed E-state index contributed by atoms with van der Waals surface area (Å²) in [5.41, 5.74) is 1.75. The molecule has 1 aliphatic heterocycles. The average Bonchev–Trinajstić information content (AvgIpc) is 3.13. The highest BCUT2D eigenvalue weighted by atomic mass is 19.1. The molecule has 1 atom stereocenters. The van der Waals surface area contributed by atoms with Crippen LogP contribution in [0.1, 0.15) is 43.2 Å². The van der Waals surface area contributed by atoms with Crippen LogP contribution in [0.5, 0.6) is 0 Å². The largest absolute Gasteiger partial charge is 0.342 e. The Morgan fingerprint density at radius 1 is 1.29 bits per heavy atom. The molecule has 2 aliphatic rings. The molecule has 0 spiro atoms. The third-order valence-electron chi connectivity index (χ3n) is 5.06. The minimum absolute atomic E-state index is 0.121. The lowest BCUT2D eigenvalue weighted by Crippen LogP contribution is -2.33. The highest BCUT2D eigenvalue weighted by Gasteiger charge is 2.32. The maximum atomic E-state index is 13.6. The fourth-order valence-corrected chi connectivity index (χ4v) is 3.73. The lowest BCUT2D eigenvalue weighted by molar-refractivity contribution is -0.134. The van der Waals surface area contributed by atoms with Crippen molar-refractivity contribution in [3.05, 3.63) is 35.1 Å². The fraction of sp³-hybridized carbons (Fsp3) is 0.611. The van der Waals surface area contributed by atoms with E-state index in [9.17, 15) is 9.18 Å². The summed E-state index contributed by atoms with van der Waals surface area (Å²) in [5.74, 6) is 1.01. The first-order chi connectivity index (χ1) is 10.1. The molecule has 0 bridgehead atoms. The Labute approximate surface area is 126 Å². The number of carbonyl (C=O) groups is 1. The Bertz CT molecular complexity index is 522. The molecule has 1 aromatic rings. The van der Waals surface area contributed by atoms with Gasteiger partial charge >= 0.3 is 0 Å². The summed E-state index contributed by atoms with van der Waals surface area (Å²) in [4.78, 5) is 14.5. The number of likely N-dealkylation sites (tertiary alicyclic amines) is 1. The third-order valence-corrected chi connectivity index (χ3v) is 5.06. The van der Waals surface area contributed by atoms with Crippen LogP contribution >= 0.6 is 0 Å². The van der Waals surface area contributed by atoms with Gasteiger partial charge in [-0.3, -0.25) is 4.79 Å². The van der Waals surface area contributed by atoms with Gasteiger partial charge in [0.25, 0.3) is 0 Å².